The van der Waals surface area contributed by atoms with Gasteiger partial charge in [0.2, 0.25) is 0 Å². The van der Waals surface area contributed by atoms with Crippen molar-refractivity contribution in [3.63, 3.8) is 0 Å². The molecular weight excluding hydrogens is 506 g/mol. The number of rotatable bonds is 8. The highest BCUT2D eigenvalue weighted by Crippen LogP contribution is 2.61. The van der Waals surface area contributed by atoms with Crippen LogP contribution in [-0.4, -0.2) is 72.6 Å². The lowest BCUT2D eigenvalue weighted by molar-refractivity contribution is -0.185. The van der Waals surface area contributed by atoms with E-state index in [1.54, 1.807) is 0 Å². The van der Waals surface area contributed by atoms with Gasteiger partial charge in [-0.05, 0) is 13.8 Å². The predicted molar refractivity (Wildman–Crippen MR) is 108 cm³/mol. The van der Waals surface area contributed by atoms with Crippen LogP contribution in [0.5, 0.6) is 0 Å². The van der Waals surface area contributed by atoms with E-state index in [0.29, 0.717) is 0 Å². The number of ether oxygens (including phenoxy) is 2. The van der Waals surface area contributed by atoms with Gasteiger partial charge in [-0.3, -0.25) is 28.2 Å². The molecule has 1 aromatic heterocycles. The molecule has 0 bridgehead atoms. The van der Waals surface area contributed by atoms with Gasteiger partial charge in [0.15, 0.2) is 12.1 Å². The lowest BCUT2D eigenvalue weighted by Crippen LogP contribution is -2.43. The molecule has 3 rings (SSSR count). The van der Waals surface area contributed by atoms with Crippen LogP contribution in [0.4, 0.5) is 0 Å². The molecule has 192 valence electrons. The van der Waals surface area contributed by atoms with E-state index in [1.165, 1.54) is 20.0 Å². The number of aromatic amines is 1. The van der Waals surface area contributed by atoms with Gasteiger partial charge in [-0.25, -0.2) is 13.9 Å². The zero-order valence-corrected chi connectivity index (χ0v) is 19.7. The summed E-state index contributed by atoms with van der Waals surface area (Å²) >= 11 is 0. The number of carbonyl (C=O) groups is 1. The van der Waals surface area contributed by atoms with Crippen molar-refractivity contribution < 1.29 is 56.8 Å². The van der Waals surface area contributed by atoms with Crippen molar-refractivity contribution in [1.29, 1.82) is 0 Å². The van der Waals surface area contributed by atoms with Gasteiger partial charge in [0, 0.05) is 24.6 Å². The average molecular weight is 530 g/mol. The summed E-state index contributed by atoms with van der Waals surface area (Å²) in [6, 6.07) is 0. The number of carbonyl (C=O) groups excluding carboxylic acids is 1. The summed E-state index contributed by atoms with van der Waals surface area (Å²) in [6.45, 7) is 1.94. The molecule has 2 saturated heterocycles. The molecular formula is C16H24N2O14P2. The first-order valence-electron chi connectivity index (χ1n) is 9.90. The Hall–Kier alpha value is -1.55. The van der Waals surface area contributed by atoms with Crippen molar-refractivity contribution in [3.05, 3.63) is 32.6 Å². The topological polar surface area (TPSA) is 233 Å². The molecule has 8 atom stereocenters. The normalized spacial score (nSPS) is 33.4. The van der Waals surface area contributed by atoms with E-state index in [9.17, 15) is 43.5 Å². The first-order valence-corrected chi connectivity index (χ1v) is 12.9. The Labute approximate surface area is 191 Å². The summed E-state index contributed by atoms with van der Waals surface area (Å²) in [5, 5.41) is 19.8. The SMILES string of the molecule is Cc1cn([C@H]2C[C@H](O)[C@@H](COP(=O)(O)OP(=O)(O)O[C@@H]3C[C@H](O)C(=O)[C@H](C)O3)O2)c(=O)[nH]c1=O. The molecule has 2 unspecified atom stereocenters. The molecule has 34 heavy (non-hydrogen) atoms. The predicted octanol–water partition coefficient (Wildman–Crippen LogP) is -1.19. The van der Waals surface area contributed by atoms with Gasteiger partial charge in [-0.1, -0.05) is 0 Å². The summed E-state index contributed by atoms with van der Waals surface area (Å²) in [6.07, 6.45) is -7.22. The average Bonchev–Trinajstić information content (AvgIpc) is 3.06. The number of phosphoric ester groups is 2. The van der Waals surface area contributed by atoms with Crippen molar-refractivity contribution >= 4 is 21.4 Å². The third-order valence-electron chi connectivity index (χ3n) is 5.02. The summed E-state index contributed by atoms with van der Waals surface area (Å²) in [4.78, 5) is 56.6. The van der Waals surface area contributed by atoms with E-state index in [1.807, 2.05) is 0 Å². The minimum Gasteiger partial charge on any atom is -0.390 e. The maximum Gasteiger partial charge on any atom is 0.483 e. The molecule has 2 fully saturated rings. The highest BCUT2D eigenvalue weighted by atomic mass is 31.3. The molecule has 3 heterocycles. The van der Waals surface area contributed by atoms with E-state index in [0.717, 1.165) is 4.57 Å². The number of aliphatic hydroxyl groups is 2. The summed E-state index contributed by atoms with van der Waals surface area (Å²) in [5.74, 6) is -0.669. The van der Waals surface area contributed by atoms with Gasteiger partial charge in [-0.15, -0.1) is 0 Å². The minimum atomic E-state index is -5.28. The summed E-state index contributed by atoms with van der Waals surface area (Å²) in [5.41, 5.74) is -1.18. The van der Waals surface area contributed by atoms with Crippen LogP contribution in [0, 0.1) is 6.92 Å². The van der Waals surface area contributed by atoms with Crippen molar-refractivity contribution in [3.8, 4) is 0 Å². The first-order chi connectivity index (χ1) is 15.7. The summed E-state index contributed by atoms with van der Waals surface area (Å²) in [7, 11) is -10.5. The number of hydrogen-bond acceptors (Lipinski definition) is 12. The fraction of sp³-hybridized carbons (Fsp3) is 0.688. The Morgan fingerprint density at radius 3 is 2.47 bits per heavy atom. The molecule has 2 aliphatic rings. The van der Waals surface area contributed by atoms with E-state index >= 15 is 0 Å². The first kappa shape index (κ1) is 27.0. The second kappa shape index (κ2) is 10.2. The van der Waals surface area contributed by atoms with Gasteiger partial charge in [0.1, 0.15) is 24.5 Å². The quantitative estimate of drug-likeness (QED) is 0.249. The largest absolute Gasteiger partial charge is 0.483 e. The van der Waals surface area contributed by atoms with Gasteiger partial charge in [-0.2, -0.15) is 4.31 Å². The highest BCUT2D eigenvalue weighted by Gasteiger charge is 2.43. The number of nitrogens with zero attached hydrogens (tertiary/aromatic N) is 1. The molecule has 16 nitrogen and oxygen atoms in total. The number of Topliss-reactive ketones (excluding diaryl/α,β-unsaturated/α-hetero) is 1. The van der Waals surface area contributed by atoms with Crippen molar-refractivity contribution in [2.75, 3.05) is 6.61 Å². The number of ketones is 1. The Morgan fingerprint density at radius 1 is 1.15 bits per heavy atom. The molecule has 0 aromatic carbocycles. The van der Waals surface area contributed by atoms with Crippen LogP contribution in [0.2, 0.25) is 0 Å². The molecule has 0 radical (unpaired) electrons. The smallest absolute Gasteiger partial charge is 0.390 e. The van der Waals surface area contributed by atoms with Crippen LogP contribution in [0.15, 0.2) is 15.8 Å². The number of H-pyrrole nitrogens is 1. The molecule has 0 aliphatic carbocycles. The van der Waals surface area contributed by atoms with E-state index in [-0.39, 0.29) is 12.0 Å². The second-order valence-electron chi connectivity index (χ2n) is 7.69. The number of aromatic nitrogens is 2. The van der Waals surface area contributed by atoms with Crippen molar-refractivity contribution in [1.82, 2.24) is 9.55 Å². The van der Waals surface area contributed by atoms with Gasteiger partial charge in [0.25, 0.3) is 5.56 Å². The zero-order valence-electron chi connectivity index (χ0n) is 17.9. The third kappa shape index (κ3) is 6.56. The zero-order chi connectivity index (χ0) is 25.4. The van der Waals surface area contributed by atoms with Crippen LogP contribution in [0.25, 0.3) is 0 Å². The molecule has 0 amide bonds. The van der Waals surface area contributed by atoms with Crippen LogP contribution < -0.4 is 11.2 Å². The van der Waals surface area contributed by atoms with Gasteiger partial charge in [0.05, 0.1) is 12.7 Å². The maximum atomic E-state index is 12.1. The number of aryl methyl sites for hydroxylation is 1. The lowest BCUT2D eigenvalue weighted by Gasteiger charge is -2.30. The molecule has 18 heteroatoms. The van der Waals surface area contributed by atoms with Crippen molar-refractivity contribution in [2.24, 2.45) is 0 Å². The number of phosphoric acid groups is 2. The third-order valence-corrected chi connectivity index (χ3v) is 7.65. The number of hydrogen-bond donors (Lipinski definition) is 5. The van der Waals surface area contributed by atoms with Crippen LogP contribution in [-0.2, 0) is 36.8 Å². The Balaban J connectivity index is 1.57. The fourth-order valence-electron chi connectivity index (χ4n) is 3.31. The minimum absolute atomic E-state index is 0.129. The highest BCUT2D eigenvalue weighted by molar-refractivity contribution is 7.61. The number of nitrogens with one attached hydrogen (secondary N) is 1. The molecule has 1 aromatic rings. The van der Waals surface area contributed by atoms with Crippen LogP contribution in [0.1, 0.15) is 31.6 Å². The Morgan fingerprint density at radius 2 is 1.82 bits per heavy atom. The maximum absolute atomic E-state index is 12.1. The summed E-state index contributed by atoms with van der Waals surface area (Å²) < 4.78 is 49.1. The van der Waals surface area contributed by atoms with Crippen molar-refractivity contribution in [2.45, 2.75) is 63.6 Å². The monoisotopic (exact) mass is 530 g/mol. The van der Waals surface area contributed by atoms with E-state index in [2.05, 4.69) is 18.3 Å². The van der Waals surface area contributed by atoms with Crippen LogP contribution >= 0.6 is 15.6 Å². The van der Waals surface area contributed by atoms with E-state index < -0.39 is 82.6 Å². The van der Waals surface area contributed by atoms with Crippen LogP contribution in [0.3, 0.4) is 0 Å². The molecule has 2 aliphatic heterocycles. The Kier molecular flexibility index (Phi) is 8.12. The second-order valence-corrected chi connectivity index (χ2v) is 10.7. The lowest BCUT2D eigenvalue weighted by atomic mass is 10.1. The van der Waals surface area contributed by atoms with Gasteiger partial charge < -0.3 is 29.5 Å². The molecule has 5 N–H and O–H groups in total. The standard InChI is InChI=1S/C16H24N2O14P2/c1-7-5-18(16(23)17-15(7)22)12-3-9(19)11(30-12)6-28-33(24,25)32-34(26,27)31-13-4-10(20)14(21)8(2)29-13/h5,8-13,19-20H,3-4,6H2,1-2H3,(H,24,25)(H,26,27)(H,17,22,23)/t8-,9-,10-,11+,12+,13+/m0/s1. The van der Waals surface area contributed by atoms with Gasteiger partial charge >= 0.3 is 21.3 Å². The fourth-order valence-corrected chi connectivity index (χ4v) is 5.47. The molecule has 0 spiro atoms. The van der Waals surface area contributed by atoms with E-state index in [4.69, 9.17) is 9.47 Å². The Bertz CT molecular complexity index is 1120. The molecule has 0 saturated carbocycles. The number of aliphatic hydroxyl groups excluding tert-OH is 2.